The molecule has 18 heavy (non-hydrogen) atoms. The summed E-state index contributed by atoms with van der Waals surface area (Å²) in [6.45, 7) is 4.44. The number of nitrogens with one attached hydrogen (secondary N) is 1. The van der Waals surface area contributed by atoms with Gasteiger partial charge in [0.05, 0.1) is 4.92 Å². The second-order valence-corrected chi connectivity index (χ2v) is 4.21. The van der Waals surface area contributed by atoms with E-state index in [1.807, 2.05) is 6.07 Å². The van der Waals surface area contributed by atoms with Crippen LogP contribution in [0.1, 0.15) is 30.9 Å². The van der Waals surface area contributed by atoms with Gasteiger partial charge < -0.3 is 5.32 Å². The van der Waals surface area contributed by atoms with Gasteiger partial charge in [-0.2, -0.15) is 0 Å². The fraction of sp³-hybridized carbons (Fsp3) is 0.429. The second-order valence-electron chi connectivity index (χ2n) is 4.21. The molecule has 0 aliphatic heterocycles. The predicted octanol–water partition coefficient (Wildman–Crippen LogP) is 2.79. The van der Waals surface area contributed by atoms with E-state index in [9.17, 15) is 10.1 Å². The van der Waals surface area contributed by atoms with Crippen LogP contribution in [0.4, 0.5) is 5.69 Å². The molecule has 0 radical (unpaired) electrons. The lowest BCUT2D eigenvalue weighted by Gasteiger charge is -2.15. The summed E-state index contributed by atoms with van der Waals surface area (Å²) in [4.78, 5) is 10.5. The standard InChI is InChI=1S/C14H18N2O2/c1-4-7-13(5-2)15-10-12-8-6-9-14(11(12)3)16(17)18/h1,6,8-9,13,15H,5,7,10H2,2-3H3. The van der Waals surface area contributed by atoms with Crippen LogP contribution in [0.15, 0.2) is 18.2 Å². The van der Waals surface area contributed by atoms with Crippen molar-refractivity contribution in [2.24, 2.45) is 0 Å². The third-order valence-electron chi connectivity index (χ3n) is 3.05. The lowest BCUT2D eigenvalue weighted by atomic mass is 10.1. The van der Waals surface area contributed by atoms with Gasteiger partial charge in [0.1, 0.15) is 0 Å². The van der Waals surface area contributed by atoms with Crippen molar-refractivity contribution in [3.05, 3.63) is 39.4 Å². The van der Waals surface area contributed by atoms with Crippen molar-refractivity contribution in [3.63, 3.8) is 0 Å². The summed E-state index contributed by atoms with van der Waals surface area (Å²) in [5.41, 5.74) is 1.82. The third kappa shape index (κ3) is 3.57. The highest BCUT2D eigenvalue weighted by molar-refractivity contribution is 5.44. The molecule has 1 unspecified atom stereocenters. The number of nitro benzene ring substituents is 1. The predicted molar refractivity (Wildman–Crippen MR) is 72.2 cm³/mol. The quantitative estimate of drug-likeness (QED) is 0.477. The minimum atomic E-state index is -0.350. The van der Waals surface area contributed by atoms with Crippen LogP contribution in [0.3, 0.4) is 0 Å². The molecule has 0 fully saturated rings. The van der Waals surface area contributed by atoms with Gasteiger partial charge in [0.25, 0.3) is 5.69 Å². The Morgan fingerprint density at radius 3 is 2.83 bits per heavy atom. The van der Waals surface area contributed by atoms with E-state index in [-0.39, 0.29) is 16.7 Å². The molecule has 4 nitrogen and oxygen atoms in total. The first kappa shape index (κ1) is 14.2. The maximum atomic E-state index is 10.8. The number of nitro groups is 1. The topological polar surface area (TPSA) is 55.2 Å². The molecule has 1 atom stereocenters. The Kier molecular flexibility index (Phi) is 5.34. The van der Waals surface area contributed by atoms with Crippen LogP contribution in [0.5, 0.6) is 0 Å². The first-order chi connectivity index (χ1) is 8.60. The zero-order chi connectivity index (χ0) is 13.5. The van der Waals surface area contributed by atoms with Gasteiger partial charge in [0, 0.05) is 30.6 Å². The average Bonchev–Trinajstić information content (AvgIpc) is 2.35. The van der Waals surface area contributed by atoms with Gasteiger partial charge in [-0.3, -0.25) is 10.1 Å². The van der Waals surface area contributed by atoms with Gasteiger partial charge in [-0.1, -0.05) is 19.1 Å². The van der Waals surface area contributed by atoms with Crippen molar-refractivity contribution in [1.29, 1.82) is 0 Å². The van der Waals surface area contributed by atoms with Crippen LogP contribution in [0.25, 0.3) is 0 Å². The van der Waals surface area contributed by atoms with Crippen molar-refractivity contribution >= 4 is 5.69 Å². The van der Waals surface area contributed by atoms with E-state index in [0.29, 0.717) is 18.5 Å². The number of nitrogens with zero attached hydrogens (tertiary/aromatic N) is 1. The molecule has 0 saturated heterocycles. The van der Waals surface area contributed by atoms with Crippen LogP contribution < -0.4 is 5.32 Å². The second kappa shape index (κ2) is 6.77. The van der Waals surface area contributed by atoms with Gasteiger partial charge in [-0.25, -0.2) is 0 Å². The molecule has 0 bridgehead atoms. The fourth-order valence-corrected chi connectivity index (χ4v) is 1.82. The highest BCUT2D eigenvalue weighted by Gasteiger charge is 2.13. The van der Waals surface area contributed by atoms with Gasteiger partial charge in [-0.05, 0) is 18.9 Å². The van der Waals surface area contributed by atoms with Gasteiger partial charge in [0.2, 0.25) is 0 Å². The lowest BCUT2D eigenvalue weighted by molar-refractivity contribution is -0.385. The summed E-state index contributed by atoms with van der Waals surface area (Å²) >= 11 is 0. The molecule has 1 N–H and O–H groups in total. The van der Waals surface area contributed by atoms with Crippen molar-refractivity contribution in [2.75, 3.05) is 0 Å². The maximum Gasteiger partial charge on any atom is 0.272 e. The summed E-state index contributed by atoms with van der Waals surface area (Å²) < 4.78 is 0. The Morgan fingerprint density at radius 2 is 2.28 bits per heavy atom. The highest BCUT2D eigenvalue weighted by atomic mass is 16.6. The Bertz CT molecular complexity index is 463. The molecule has 0 saturated carbocycles. The molecule has 0 amide bonds. The van der Waals surface area contributed by atoms with E-state index in [4.69, 9.17) is 6.42 Å². The smallest absolute Gasteiger partial charge is 0.272 e. The van der Waals surface area contributed by atoms with Gasteiger partial charge >= 0.3 is 0 Å². The Balaban J connectivity index is 2.77. The van der Waals surface area contributed by atoms with Crippen LogP contribution in [-0.4, -0.2) is 11.0 Å². The molecule has 1 rings (SSSR count). The largest absolute Gasteiger partial charge is 0.309 e. The van der Waals surface area contributed by atoms with E-state index in [2.05, 4.69) is 18.2 Å². The zero-order valence-electron chi connectivity index (χ0n) is 10.8. The molecule has 1 aromatic rings. The lowest BCUT2D eigenvalue weighted by Crippen LogP contribution is -2.27. The van der Waals surface area contributed by atoms with E-state index in [1.54, 1.807) is 13.0 Å². The SMILES string of the molecule is C#CCC(CC)NCc1cccc([N+](=O)[O-])c1C. The molecule has 0 spiro atoms. The molecule has 4 heteroatoms. The molecular formula is C14H18N2O2. The fourth-order valence-electron chi connectivity index (χ4n) is 1.82. The monoisotopic (exact) mass is 246 g/mol. The number of hydrogen-bond donors (Lipinski definition) is 1. The van der Waals surface area contributed by atoms with Crippen LogP contribution in [0, 0.1) is 29.4 Å². The molecule has 0 heterocycles. The van der Waals surface area contributed by atoms with Crippen molar-refractivity contribution in [1.82, 2.24) is 5.32 Å². The number of hydrogen-bond acceptors (Lipinski definition) is 3. The van der Waals surface area contributed by atoms with Crippen molar-refractivity contribution in [3.8, 4) is 12.3 Å². The number of rotatable bonds is 6. The van der Waals surface area contributed by atoms with Crippen molar-refractivity contribution < 1.29 is 4.92 Å². The molecule has 0 aromatic heterocycles. The molecule has 0 aliphatic rings. The Labute approximate surface area is 108 Å². The van der Waals surface area contributed by atoms with Crippen LogP contribution in [0.2, 0.25) is 0 Å². The Hall–Kier alpha value is -1.86. The average molecular weight is 246 g/mol. The summed E-state index contributed by atoms with van der Waals surface area (Å²) in [5, 5.41) is 14.2. The van der Waals surface area contributed by atoms with Crippen molar-refractivity contribution in [2.45, 2.75) is 39.3 Å². The summed E-state index contributed by atoms with van der Waals surface area (Å²) in [6, 6.07) is 5.40. The first-order valence-corrected chi connectivity index (χ1v) is 5.99. The summed E-state index contributed by atoms with van der Waals surface area (Å²) in [7, 11) is 0. The van der Waals surface area contributed by atoms with Crippen LogP contribution in [-0.2, 0) is 6.54 Å². The number of benzene rings is 1. The molecule has 1 aromatic carbocycles. The maximum absolute atomic E-state index is 10.8. The normalized spacial score (nSPS) is 11.8. The minimum Gasteiger partial charge on any atom is -0.309 e. The highest BCUT2D eigenvalue weighted by Crippen LogP contribution is 2.21. The van der Waals surface area contributed by atoms with Gasteiger partial charge in [-0.15, -0.1) is 12.3 Å². The number of terminal acetylenes is 1. The Morgan fingerprint density at radius 1 is 1.56 bits per heavy atom. The van der Waals surface area contributed by atoms with E-state index in [0.717, 1.165) is 12.0 Å². The molecular weight excluding hydrogens is 228 g/mol. The summed E-state index contributed by atoms with van der Waals surface area (Å²) in [6.07, 6.45) is 6.90. The molecule has 96 valence electrons. The van der Waals surface area contributed by atoms with E-state index in [1.165, 1.54) is 6.07 Å². The molecule has 0 aliphatic carbocycles. The van der Waals surface area contributed by atoms with Gasteiger partial charge in [0.15, 0.2) is 0 Å². The van der Waals surface area contributed by atoms with Crippen LogP contribution >= 0.6 is 0 Å². The first-order valence-electron chi connectivity index (χ1n) is 5.99. The third-order valence-corrected chi connectivity index (χ3v) is 3.05. The van der Waals surface area contributed by atoms with E-state index >= 15 is 0 Å². The minimum absolute atomic E-state index is 0.166. The van der Waals surface area contributed by atoms with E-state index < -0.39 is 0 Å². The summed E-state index contributed by atoms with van der Waals surface area (Å²) in [5.74, 6) is 2.63. The zero-order valence-corrected chi connectivity index (χ0v) is 10.8.